The van der Waals surface area contributed by atoms with Gasteiger partial charge in [0.2, 0.25) is 5.91 Å². The molecule has 38 heavy (non-hydrogen) atoms. The van der Waals surface area contributed by atoms with Crippen LogP contribution in [0.25, 0.3) is 10.9 Å². The normalized spacial score (nSPS) is 21.0. The number of aromatic nitrogens is 1. The standard InChI is InChI=1S/C30H37N3O5/c1-4-16-38-24-13-12-20(17-25(24)37-3)22-18-33-26(35)19-32(14-8-5-9-15-34)29(36)30(33,2)28-27(22)21-10-6-7-11-23(21)31-28/h6-7,10-13,17,22,31,34H,4-5,8-9,14-16,18-19H2,1-3H3/t22-,30-/m0/s1. The number of ether oxygens (including phenoxy) is 2. The van der Waals surface area contributed by atoms with Crippen LogP contribution >= 0.6 is 0 Å². The number of unbranched alkanes of at least 4 members (excludes halogenated alkanes) is 2. The summed E-state index contributed by atoms with van der Waals surface area (Å²) in [5.41, 5.74) is 2.66. The Balaban J connectivity index is 1.60. The van der Waals surface area contributed by atoms with Gasteiger partial charge in [-0.3, -0.25) is 9.59 Å². The third-order valence-corrected chi connectivity index (χ3v) is 7.96. The number of hydrogen-bond acceptors (Lipinski definition) is 5. The van der Waals surface area contributed by atoms with Gasteiger partial charge in [-0.2, -0.15) is 0 Å². The first-order valence-electron chi connectivity index (χ1n) is 13.6. The predicted octanol–water partition coefficient (Wildman–Crippen LogP) is 4.16. The minimum atomic E-state index is -1.12. The monoisotopic (exact) mass is 519 g/mol. The Morgan fingerprint density at radius 1 is 1.11 bits per heavy atom. The Morgan fingerprint density at radius 3 is 2.68 bits per heavy atom. The molecular weight excluding hydrogens is 482 g/mol. The Hall–Kier alpha value is -3.52. The van der Waals surface area contributed by atoms with Crippen LogP contribution in [-0.2, 0) is 15.1 Å². The van der Waals surface area contributed by atoms with Crippen molar-refractivity contribution in [1.82, 2.24) is 14.8 Å². The zero-order valence-electron chi connectivity index (χ0n) is 22.5. The van der Waals surface area contributed by atoms with Crippen LogP contribution in [0.3, 0.4) is 0 Å². The minimum Gasteiger partial charge on any atom is -0.493 e. The number of rotatable bonds is 10. The average molecular weight is 520 g/mol. The van der Waals surface area contributed by atoms with Gasteiger partial charge in [0, 0.05) is 36.5 Å². The topological polar surface area (TPSA) is 95.1 Å². The molecule has 3 aromatic rings. The zero-order valence-corrected chi connectivity index (χ0v) is 22.5. The first kappa shape index (κ1) is 26.1. The fourth-order valence-electron chi connectivity index (χ4n) is 5.98. The summed E-state index contributed by atoms with van der Waals surface area (Å²) in [5.74, 6) is 1.09. The van der Waals surface area contributed by atoms with Crippen LogP contribution < -0.4 is 9.47 Å². The number of benzene rings is 2. The van der Waals surface area contributed by atoms with E-state index in [0.29, 0.717) is 37.6 Å². The largest absolute Gasteiger partial charge is 0.493 e. The molecule has 3 heterocycles. The highest BCUT2D eigenvalue weighted by Crippen LogP contribution is 2.49. The molecule has 0 saturated carbocycles. The SMILES string of the molecule is CCCOc1ccc([C@@H]2CN3C(=O)CN(CCCCCO)C(=O)[C@]3(C)c3[nH]c4ccccc4c32)cc1OC. The van der Waals surface area contributed by atoms with Crippen molar-refractivity contribution in [2.24, 2.45) is 0 Å². The molecule has 0 bridgehead atoms. The van der Waals surface area contributed by atoms with Gasteiger partial charge in [0.25, 0.3) is 5.91 Å². The van der Waals surface area contributed by atoms with E-state index in [1.807, 2.05) is 43.3 Å². The van der Waals surface area contributed by atoms with Gasteiger partial charge < -0.3 is 29.4 Å². The van der Waals surface area contributed by atoms with Crippen LogP contribution in [0.2, 0.25) is 0 Å². The third-order valence-electron chi connectivity index (χ3n) is 7.96. The van der Waals surface area contributed by atoms with Gasteiger partial charge in [0.1, 0.15) is 0 Å². The number of para-hydroxylation sites is 1. The molecule has 0 spiro atoms. The van der Waals surface area contributed by atoms with E-state index in [9.17, 15) is 9.59 Å². The lowest BCUT2D eigenvalue weighted by Gasteiger charge is -2.51. The average Bonchev–Trinajstić information content (AvgIpc) is 3.33. The fourth-order valence-corrected chi connectivity index (χ4v) is 5.98. The van der Waals surface area contributed by atoms with Crippen molar-refractivity contribution in [1.29, 1.82) is 0 Å². The molecule has 1 aromatic heterocycles. The number of piperazine rings is 1. The Labute approximate surface area is 223 Å². The summed E-state index contributed by atoms with van der Waals surface area (Å²) < 4.78 is 11.6. The van der Waals surface area contributed by atoms with Crippen LogP contribution in [0.1, 0.15) is 62.3 Å². The Kier molecular flexibility index (Phi) is 7.34. The number of methoxy groups -OCH3 is 1. The van der Waals surface area contributed by atoms with E-state index in [1.54, 1.807) is 16.9 Å². The summed E-state index contributed by atoms with van der Waals surface area (Å²) in [6.07, 6.45) is 3.16. The highest BCUT2D eigenvalue weighted by atomic mass is 16.5. The summed E-state index contributed by atoms with van der Waals surface area (Å²) in [4.78, 5) is 34.6. The number of aliphatic hydroxyl groups is 1. The molecule has 2 N–H and O–H groups in total. The molecule has 2 aliphatic heterocycles. The van der Waals surface area contributed by atoms with Gasteiger partial charge in [0.15, 0.2) is 17.0 Å². The number of hydrogen-bond donors (Lipinski definition) is 2. The van der Waals surface area contributed by atoms with Crippen molar-refractivity contribution in [2.45, 2.75) is 51.0 Å². The molecule has 2 atom stereocenters. The number of nitrogens with one attached hydrogen (secondary N) is 1. The Bertz CT molecular complexity index is 1330. The molecule has 1 fully saturated rings. The third kappa shape index (κ3) is 4.30. The van der Waals surface area contributed by atoms with Crippen molar-refractivity contribution in [3.63, 3.8) is 0 Å². The second-order valence-electron chi connectivity index (χ2n) is 10.4. The van der Waals surface area contributed by atoms with Gasteiger partial charge in [-0.05, 0) is 61.9 Å². The van der Waals surface area contributed by atoms with Crippen LogP contribution in [0.15, 0.2) is 42.5 Å². The second-order valence-corrected chi connectivity index (χ2v) is 10.4. The zero-order chi connectivity index (χ0) is 26.9. The first-order valence-corrected chi connectivity index (χ1v) is 13.6. The van der Waals surface area contributed by atoms with E-state index in [1.165, 1.54) is 0 Å². The summed E-state index contributed by atoms with van der Waals surface area (Å²) >= 11 is 0. The van der Waals surface area contributed by atoms with Crippen LogP contribution in [0.5, 0.6) is 11.5 Å². The van der Waals surface area contributed by atoms with E-state index in [4.69, 9.17) is 14.6 Å². The molecule has 8 nitrogen and oxygen atoms in total. The molecular formula is C30H37N3O5. The number of amides is 2. The molecule has 2 aliphatic rings. The van der Waals surface area contributed by atoms with Gasteiger partial charge >= 0.3 is 0 Å². The van der Waals surface area contributed by atoms with Crippen LogP contribution in [0.4, 0.5) is 0 Å². The van der Waals surface area contributed by atoms with Crippen molar-refractivity contribution < 1.29 is 24.2 Å². The maximum Gasteiger partial charge on any atom is 0.254 e. The van der Waals surface area contributed by atoms with Crippen molar-refractivity contribution >= 4 is 22.7 Å². The summed E-state index contributed by atoms with van der Waals surface area (Å²) in [5, 5.41) is 10.2. The highest BCUT2D eigenvalue weighted by molar-refractivity contribution is 6.01. The maximum absolute atomic E-state index is 14.0. The van der Waals surface area contributed by atoms with Gasteiger partial charge in [-0.15, -0.1) is 0 Å². The summed E-state index contributed by atoms with van der Waals surface area (Å²) in [6, 6.07) is 14.0. The number of carbonyl (C=O) groups excluding carboxylic acids is 2. The predicted molar refractivity (Wildman–Crippen MR) is 146 cm³/mol. The fraction of sp³-hybridized carbons (Fsp3) is 0.467. The molecule has 0 aliphatic carbocycles. The number of fused-ring (bicyclic) bond motifs is 5. The van der Waals surface area contributed by atoms with Gasteiger partial charge in [-0.25, -0.2) is 0 Å². The number of carbonyl (C=O) groups is 2. The number of aliphatic hydroxyl groups excluding tert-OH is 1. The molecule has 8 heteroatoms. The van der Waals surface area contributed by atoms with Crippen LogP contribution in [-0.4, -0.2) is 71.7 Å². The lowest BCUT2D eigenvalue weighted by Crippen LogP contribution is -2.67. The van der Waals surface area contributed by atoms with Gasteiger partial charge in [0.05, 0.1) is 26.0 Å². The van der Waals surface area contributed by atoms with E-state index in [2.05, 4.69) is 18.0 Å². The lowest BCUT2D eigenvalue weighted by atomic mass is 9.76. The van der Waals surface area contributed by atoms with Crippen molar-refractivity contribution in [3.05, 3.63) is 59.3 Å². The van der Waals surface area contributed by atoms with Crippen molar-refractivity contribution in [3.8, 4) is 11.5 Å². The van der Waals surface area contributed by atoms with Crippen LogP contribution in [0, 0.1) is 0 Å². The number of nitrogens with zero attached hydrogens (tertiary/aromatic N) is 2. The van der Waals surface area contributed by atoms with E-state index in [0.717, 1.165) is 47.0 Å². The maximum atomic E-state index is 14.0. The minimum absolute atomic E-state index is 0.0570. The molecule has 0 unspecified atom stereocenters. The second kappa shape index (κ2) is 10.7. The molecule has 1 saturated heterocycles. The smallest absolute Gasteiger partial charge is 0.254 e. The highest BCUT2D eigenvalue weighted by Gasteiger charge is 2.56. The molecule has 202 valence electrons. The molecule has 2 aromatic carbocycles. The summed E-state index contributed by atoms with van der Waals surface area (Å²) in [7, 11) is 1.63. The first-order chi connectivity index (χ1) is 18.4. The quantitative estimate of drug-likeness (QED) is 0.392. The van der Waals surface area contributed by atoms with E-state index >= 15 is 0 Å². The number of aromatic amines is 1. The Morgan fingerprint density at radius 2 is 1.92 bits per heavy atom. The summed E-state index contributed by atoms with van der Waals surface area (Å²) in [6.45, 7) is 5.64. The number of H-pyrrole nitrogens is 1. The van der Waals surface area contributed by atoms with Gasteiger partial charge in [-0.1, -0.05) is 31.2 Å². The molecule has 0 radical (unpaired) electrons. The molecule has 2 amide bonds. The van der Waals surface area contributed by atoms with Crippen molar-refractivity contribution in [2.75, 3.05) is 40.0 Å². The van der Waals surface area contributed by atoms with E-state index in [-0.39, 0.29) is 30.9 Å². The molecule has 5 rings (SSSR count). The van der Waals surface area contributed by atoms with E-state index < -0.39 is 5.54 Å². The lowest BCUT2D eigenvalue weighted by molar-refractivity contribution is -0.166.